The van der Waals surface area contributed by atoms with Gasteiger partial charge in [0.1, 0.15) is 0 Å². The average Bonchev–Trinajstić information content (AvgIpc) is 3.73. The molecule has 0 saturated carbocycles. The molecule has 0 aromatic heterocycles. The Bertz CT molecular complexity index is 1550. The van der Waals surface area contributed by atoms with E-state index in [2.05, 4.69) is 127 Å². The smallest absolute Gasteiger partial charge is 0.0246 e. The van der Waals surface area contributed by atoms with Gasteiger partial charge in [0.25, 0.3) is 0 Å². The van der Waals surface area contributed by atoms with Crippen LogP contribution in [0.2, 0.25) is 0 Å². The third-order valence-corrected chi connectivity index (χ3v) is 8.55. The summed E-state index contributed by atoms with van der Waals surface area (Å²) in [6, 6.07) is 44.3. The van der Waals surface area contributed by atoms with Gasteiger partial charge in [-0.05, 0) is 17.5 Å². The molecule has 2 aliphatic rings. The molecule has 0 aliphatic heterocycles. The summed E-state index contributed by atoms with van der Waals surface area (Å²) in [4.78, 5) is 0. The summed E-state index contributed by atoms with van der Waals surface area (Å²) in [5.74, 6) is 0. The van der Waals surface area contributed by atoms with E-state index in [1.807, 2.05) is 18.2 Å². The Hall–Kier alpha value is -2.83. The van der Waals surface area contributed by atoms with Crippen LogP contribution in [0.3, 0.4) is 0 Å². The second-order valence-corrected chi connectivity index (χ2v) is 11.9. The molecular weight excluding hydrogens is 631 g/mol. The number of halogens is 2. The van der Waals surface area contributed by atoms with Crippen LogP contribution in [0.4, 0.5) is 0 Å². The molecule has 0 heterocycles. The van der Waals surface area contributed by atoms with Gasteiger partial charge in [-0.1, -0.05) is 42.0 Å². The van der Waals surface area contributed by atoms with Crippen LogP contribution in [-0.4, -0.2) is 3.21 Å². The van der Waals surface area contributed by atoms with Gasteiger partial charge in [0.15, 0.2) is 0 Å². The Balaban J connectivity index is 0.000000190. The first-order valence-corrected chi connectivity index (χ1v) is 15.4. The van der Waals surface area contributed by atoms with E-state index in [1.54, 1.807) is 27.4 Å². The predicted molar refractivity (Wildman–Crippen MR) is 167 cm³/mol. The van der Waals surface area contributed by atoms with E-state index in [0.717, 1.165) is 12.8 Å². The summed E-state index contributed by atoms with van der Waals surface area (Å²) >= 11 is 1.60. The second-order valence-electron chi connectivity index (χ2n) is 10.1. The first kappa shape index (κ1) is 33.7. The first-order valence-electron chi connectivity index (χ1n) is 14.1. The van der Waals surface area contributed by atoms with Crippen molar-refractivity contribution in [1.82, 2.24) is 0 Å². The van der Waals surface area contributed by atoms with E-state index in [0.29, 0.717) is 0 Å². The Morgan fingerprint density at radius 1 is 0.667 bits per heavy atom. The third kappa shape index (κ3) is 9.60. The Morgan fingerprint density at radius 2 is 1.31 bits per heavy atom. The van der Waals surface area contributed by atoms with Gasteiger partial charge < -0.3 is 24.8 Å². The van der Waals surface area contributed by atoms with E-state index < -0.39 is 0 Å². The van der Waals surface area contributed by atoms with Crippen LogP contribution in [0.15, 0.2) is 133 Å². The van der Waals surface area contributed by atoms with Crippen LogP contribution >= 0.6 is 0 Å². The summed E-state index contributed by atoms with van der Waals surface area (Å²) in [5, 5.41) is 2.57. The van der Waals surface area contributed by atoms with Crippen molar-refractivity contribution in [1.29, 1.82) is 0 Å². The molecule has 3 heteroatoms. The summed E-state index contributed by atoms with van der Waals surface area (Å²) in [6.45, 7) is 0. The summed E-state index contributed by atoms with van der Waals surface area (Å²) in [7, 11) is 0. The number of fused-ring (bicyclic) bond motifs is 5. The zero-order chi connectivity index (χ0) is 27.4. The minimum atomic E-state index is 0. The zero-order valence-electron chi connectivity index (χ0n) is 23.7. The number of allylic oxidation sites excluding steroid dienone is 4. The molecule has 5 aromatic carbocycles. The molecule has 2 aliphatic carbocycles. The molecule has 5 aromatic rings. The minimum Gasteiger partial charge on any atom is -0.147 e. The molecule has 0 fully saturated rings. The van der Waals surface area contributed by atoms with Crippen molar-refractivity contribution in [3.8, 4) is 11.1 Å². The van der Waals surface area contributed by atoms with Gasteiger partial charge >= 0.3 is 125 Å². The maximum atomic E-state index is 3.39. The number of benzene rings is 5. The van der Waals surface area contributed by atoms with E-state index in [4.69, 9.17) is 0 Å². The first-order chi connectivity index (χ1) is 19.8. The standard InChI is InChI=1S/C17H11.C17H18.C5H5.2ClH.Zr/c1-3-7-14-12(5-1)9-10-16-15-8-4-2-6-13(15)11-17(14)16;1-4-10-16(11-5-1)14-8-3-9-15-17-12-6-2-7-13-17;1-2-4-5-3-1;;;/h1-6,8-10H,11H2;1-2,4-7,10-13H,8-9,14-15H2;1-3H,4H2;2*1H;/q-1;;-1;;;+2/p-2. The molecular formula is C39H34Cl2Zr-2. The Morgan fingerprint density at radius 3 is 1.90 bits per heavy atom. The normalized spacial score (nSPS) is 11.6. The molecule has 0 amide bonds. The van der Waals surface area contributed by atoms with Gasteiger partial charge in [0, 0.05) is 0 Å². The molecule has 0 saturated heterocycles. The van der Waals surface area contributed by atoms with Crippen LogP contribution in [0.1, 0.15) is 41.5 Å². The summed E-state index contributed by atoms with van der Waals surface area (Å²) < 4.78 is 1.69. The quantitative estimate of drug-likeness (QED) is 0.240. The molecule has 0 spiro atoms. The van der Waals surface area contributed by atoms with E-state index in [-0.39, 0.29) is 24.8 Å². The Labute approximate surface area is 278 Å². The minimum absolute atomic E-state index is 0. The molecule has 7 rings (SSSR count). The second kappa shape index (κ2) is 18.0. The largest absolute Gasteiger partial charge is 0.147 e. The van der Waals surface area contributed by atoms with Gasteiger partial charge in [-0.25, -0.2) is 12.2 Å². The SMILES string of the molecule is [C-]1=CC=CC1.[Cl-].[Cl-].[Zr+2]=[C](CCc1ccccc1)CCc1ccccc1.[c-]1cccc2ccc3c(c12)Cc1ccccc1-3. The maximum Gasteiger partial charge on any atom is -0.0246 e. The van der Waals surface area contributed by atoms with Crippen molar-refractivity contribution in [2.45, 2.75) is 38.5 Å². The van der Waals surface area contributed by atoms with Crippen LogP contribution < -0.4 is 24.8 Å². The molecule has 0 nitrogen and oxygen atoms in total. The fourth-order valence-electron chi connectivity index (χ4n) is 5.17. The molecule has 42 heavy (non-hydrogen) atoms. The van der Waals surface area contributed by atoms with Crippen molar-refractivity contribution in [3.63, 3.8) is 0 Å². The van der Waals surface area contributed by atoms with Gasteiger partial charge in [-0.2, -0.15) is 6.08 Å². The summed E-state index contributed by atoms with van der Waals surface area (Å²) in [6.07, 6.45) is 15.9. The van der Waals surface area contributed by atoms with Crippen molar-refractivity contribution in [2.75, 3.05) is 0 Å². The predicted octanol–water partition coefficient (Wildman–Crippen LogP) is 3.50. The van der Waals surface area contributed by atoms with Gasteiger partial charge in [-0.3, -0.25) is 6.08 Å². The molecule has 0 atom stereocenters. The summed E-state index contributed by atoms with van der Waals surface area (Å²) in [5.41, 5.74) is 8.56. The molecule has 0 bridgehead atoms. The van der Waals surface area contributed by atoms with Crippen molar-refractivity contribution in [2.24, 2.45) is 0 Å². The fourth-order valence-corrected chi connectivity index (χ4v) is 5.78. The van der Waals surface area contributed by atoms with Gasteiger partial charge in [0.2, 0.25) is 0 Å². The third-order valence-electron chi connectivity index (χ3n) is 7.32. The maximum absolute atomic E-state index is 3.39. The fraction of sp³-hybridized carbons (Fsp3) is 0.154. The molecule has 0 unspecified atom stereocenters. The van der Waals surface area contributed by atoms with Crippen LogP contribution in [0.25, 0.3) is 21.9 Å². The van der Waals surface area contributed by atoms with E-state index in [1.165, 1.54) is 69.8 Å². The van der Waals surface area contributed by atoms with Crippen molar-refractivity contribution < 1.29 is 49.0 Å². The average molecular weight is 665 g/mol. The molecule has 210 valence electrons. The topological polar surface area (TPSA) is 0 Å². The number of hydrogen-bond donors (Lipinski definition) is 0. The number of aryl methyl sites for hydroxylation is 2. The Kier molecular flexibility index (Phi) is 14.4. The monoisotopic (exact) mass is 662 g/mol. The number of hydrogen-bond acceptors (Lipinski definition) is 0. The van der Waals surface area contributed by atoms with Crippen LogP contribution in [0.5, 0.6) is 0 Å². The van der Waals surface area contributed by atoms with E-state index >= 15 is 0 Å². The van der Waals surface area contributed by atoms with Gasteiger partial charge in [-0.15, -0.1) is 47.0 Å². The molecule has 0 radical (unpaired) electrons. The molecule has 0 N–H and O–H groups in total. The zero-order valence-corrected chi connectivity index (χ0v) is 27.7. The number of rotatable bonds is 6. The van der Waals surface area contributed by atoms with Gasteiger partial charge in [0.05, 0.1) is 0 Å². The van der Waals surface area contributed by atoms with Crippen molar-refractivity contribution >= 4 is 14.0 Å². The van der Waals surface area contributed by atoms with Crippen LogP contribution in [-0.2, 0) is 43.5 Å². The van der Waals surface area contributed by atoms with Crippen LogP contribution in [0, 0.1) is 12.1 Å². The van der Waals surface area contributed by atoms with Crippen molar-refractivity contribution in [3.05, 3.63) is 168 Å². The van der Waals surface area contributed by atoms with E-state index in [9.17, 15) is 0 Å².